The van der Waals surface area contributed by atoms with Crippen LogP contribution < -0.4 is 5.73 Å². The van der Waals surface area contributed by atoms with Crippen molar-refractivity contribution in [1.82, 2.24) is 14.7 Å². The van der Waals surface area contributed by atoms with Crippen LogP contribution in [0.4, 0.5) is 0 Å². The molecule has 0 spiro atoms. The number of piperazine rings is 1. The maximum atomic E-state index is 12.9. The van der Waals surface area contributed by atoms with E-state index in [2.05, 4.69) is 11.9 Å². The summed E-state index contributed by atoms with van der Waals surface area (Å²) in [5.41, 5.74) is 6.95. The van der Waals surface area contributed by atoms with Gasteiger partial charge in [0.1, 0.15) is 12.1 Å². The lowest BCUT2D eigenvalue weighted by Gasteiger charge is -2.36. The molecule has 2 heterocycles. The van der Waals surface area contributed by atoms with Crippen molar-refractivity contribution in [2.45, 2.75) is 24.9 Å². The first kappa shape index (κ1) is 16.9. The lowest BCUT2D eigenvalue weighted by molar-refractivity contribution is -0.145. The Kier molecular flexibility index (Phi) is 5.16. The fourth-order valence-corrected chi connectivity index (χ4v) is 3.51. The highest BCUT2D eigenvalue weighted by molar-refractivity contribution is 5.91. The van der Waals surface area contributed by atoms with Crippen molar-refractivity contribution in [2.24, 2.45) is 5.73 Å². The maximum absolute atomic E-state index is 12.9. The SMILES string of the molecule is CN1CCN(C(=O)[C@H]2CCCN2C(=O)[C@H](N)c2ccccc2)CC1. The van der Waals surface area contributed by atoms with Gasteiger partial charge in [0.25, 0.3) is 0 Å². The van der Waals surface area contributed by atoms with E-state index in [1.165, 1.54) is 0 Å². The molecule has 6 heteroatoms. The minimum atomic E-state index is -0.702. The van der Waals surface area contributed by atoms with E-state index in [1.54, 1.807) is 4.90 Å². The van der Waals surface area contributed by atoms with Crippen molar-refractivity contribution in [1.29, 1.82) is 0 Å². The summed E-state index contributed by atoms with van der Waals surface area (Å²) in [5.74, 6) is -0.0691. The standard InChI is InChI=1S/C18H26N4O2/c1-20-10-12-21(13-11-20)17(23)15-8-5-9-22(15)18(24)16(19)14-6-3-2-4-7-14/h2-4,6-7,15-16H,5,8-13,19H2,1H3/t15-,16-/m1/s1. The van der Waals surface area contributed by atoms with Crippen LogP contribution in [-0.2, 0) is 9.59 Å². The van der Waals surface area contributed by atoms with E-state index in [-0.39, 0.29) is 17.9 Å². The Balaban J connectivity index is 1.68. The van der Waals surface area contributed by atoms with Gasteiger partial charge in [0.2, 0.25) is 11.8 Å². The molecule has 24 heavy (non-hydrogen) atoms. The molecule has 2 saturated heterocycles. The lowest BCUT2D eigenvalue weighted by Crippen LogP contribution is -2.54. The van der Waals surface area contributed by atoms with E-state index in [9.17, 15) is 9.59 Å². The molecule has 1 aromatic rings. The molecule has 2 atom stereocenters. The Labute approximate surface area is 143 Å². The van der Waals surface area contributed by atoms with Gasteiger partial charge in [0.05, 0.1) is 0 Å². The number of likely N-dealkylation sites (N-methyl/N-ethyl adjacent to an activating group) is 1. The molecule has 2 N–H and O–H groups in total. The summed E-state index contributed by atoms with van der Waals surface area (Å²) in [6, 6.07) is 8.31. The minimum Gasteiger partial charge on any atom is -0.338 e. The topological polar surface area (TPSA) is 69.9 Å². The molecule has 130 valence electrons. The number of hydrogen-bond donors (Lipinski definition) is 1. The van der Waals surface area contributed by atoms with Gasteiger partial charge < -0.3 is 20.4 Å². The molecule has 0 bridgehead atoms. The molecule has 0 unspecified atom stereocenters. The van der Waals surface area contributed by atoms with E-state index in [0.29, 0.717) is 6.54 Å². The lowest BCUT2D eigenvalue weighted by atomic mass is 10.1. The zero-order valence-electron chi connectivity index (χ0n) is 14.2. The van der Waals surface area contributed by atoms with Gasteiger partial charge in [0, 0.05) is 32.7 Å². The smallest absolute Gasteiger partial charge is 0.245 e. The van der Waals surface area contributed by atoms with Crippen molar-refractivity contribution < 1.29 is 9.59 Å². The largest absolute Gasteiger partial charge is 0.338 e. The first-order valence-corrected chi connectivity index (χ1v) is 8.66. The Morgan fingerprint density at radius 3 is 2.42 bits per heavy atom. The summed E-state index contributed by atoms with van der Waals surface area (Å²) in [6.45, 7) is 3.85. The van der Waals surface area contributed by atoms with Crippen LogP contribution in [-0.4, -0.2) is 72.3 Å². The van der Waals surface area contributed by atoms with Crippen LogP contribution in [0.1, 0.15) is 24.4 Å². The quantitative estimate of drug-likeness (QED) is 0.874. The second-order valence-electron chi connectivity index (χ2n) is 6.71. The van der Waals surface area contributed by atoms with Gasteiger partial charge in [-0.15, -0.1) is 0 Å². The van der Waals surface area contributed by atoms with Gasteiger partial charge in [-0.1, -0.05) is 30.3 Å². The molecule has 2 aliphatic heterocycles. The molecule has 2 aliphatic rings. The van der Waals surface area contributed by atoms with Crippen LogP contribution in [0.2, 0.25) is 0 Å². The zero-order chi connectivity index (χ0) is 17.1. The Hall–Kier alpha value is -1.92. The number of amides is 2. The van der Waals surface area contributed by atoms with Crippen LogP contribution in [0.5, 0.6) is 0 Å². The van der Waals surface area contributed by atoms with Crippen LogP contribution in [0.25, 0.3) is 0 Å². The number of nitrogens with zero attached hydrogens (tertiary/aromatic N) is 3. The fraction of sp³-hybridized carbons (Fsp3) is 0.556. The molecule has 2 fully saturated rings. The Bertz CT molecular complexity index is 584. The molecule has 0 radical (unpaired) electrons. The van der Waals surface area contributed by atoms with Crippen LogP contribution in [0.3, 0.4) is 0 Å². The number of carbonyl (C=O) groups is 2. The van der Waals surface area contributed by atoms with Gasteiger partial charge in [-0.25, -0.2) is 0 Å². The van der Waals surface area contributed by atoms with E-state index in [4.69, 9.17) is 5.73 Å². The van der Waals surface area contributed by atoms with Crippen molar-refractivity contribution >= 4 is 11.8 Å². The van der Waals surface area contributed by atoms with Gasteiger partial charge in [-0.2, -0.15) is 0 Å². The monoisotopic (exact) mass is 330 g/mol. The average molecular weight is 330 g/mol. The van der Waals surface area contributed by atoms with E-state index < -0.39 is 6.04 Å². The molecule has 0 aromatic heterocycles. The second kappa shape index (κ2) is 7.32. The molecular weight excluding hydrogens is 304 g/mol. The number of benzene rings is 1. The predicted molar refractivity (Wildman–Crippen MR) is 92.2 cm³/mol. The predicted octanol–water partition coefficient (Wildman–Crippen LogP) is 0.451. The molecule has 6 nitrogen and oxygen atoms in total. The van der Waals surface area contributed by atoms with E-state index >= 15 is 0 Å². The van der Waals surface area contributed by atoms with Gasteiger partial charge in [-0.05, 0) is 25.5 Å². The summed E-state index contributed by atoms with van der Waals surface area (Å²) in [7, 11) is 2.06. The number of likely N-dealkylation sites (tertiary alicyclic amines) is 1. The summed E-state index contributed by atoms with van der Waals surface area (Å²) in [5, 5.41) is 0. The molecular formula is C18H26N4O2. The summed E-state index contributed by atoms with van der Waals surface area (Å²) in [4.78, 5) is 31.5. The normalized spacial score (nSPS) is 23.3. The third-order valence-corrected chi connectivity index (χ3v) is 5.06. The van der Waals surface area contributed by atoms with E-state index in [1.807, 2.05) is 35.2 Å². The van der Waals surface area contributed by atoms with Gasteiger partial charge in [0.15, 0.2) is 0 Å². The summed E-state index contributed by atoms with van der Waals surface area (Å²) >= 11 is 0. The second-order valence-corrected chi connectivity index (χ2v) is 6.71. The number of carbonyl (C=O) groups excluding carboxylic acids is 2. The average Bonchev–Trinajstić information content (AvgIpc) is 3.11. The zero-order valence-corrected chi connectivity index (χ0v) is 14.2. The number of nitrogens with two attached hydrogens (primary N) is 1. The first-order valence-electron chi connectivity index (χ1n) is 8.66. The van der Waals surface area contributed by atoms with Crippen LogP contribution >= 0.6 is 0 Å². The molecule has 1 aromatic carbocycles. The Morgan fingerprint density at radius 1 is 1.08 bits per heavy atom. The molecule has 0 saturated carbocycles. The molecule has 3 rings (SSSR count). The van der Waals surface area contributed by atoms with Crippen molar-refractivity contribution in [3.63, 3.8) is 0 Å². The van der Waals surface area contributed by atoms with Crippen LogP contribution in [0.15, 0.2) is 30.3 Å². The highest BCUT2D eigenvalue weighted by atomic mass is 16.2. The molecule has 2 amide bonds. The van der Waals surface area contributed by atoms with Crippen molar-refractivity contribution in [3.8, 4) is 0 Å². The number of rotatable bonds is 3. The first-order chi connectivity index (χ1) is 11.6. The van der Waals surface area contributed by atoms with E-state index in [0.717, 1.165) is 44.6 Å². The van der Waals surface area contributed by atoms with Gasteiger partial charge in [-0.3, -0.25) is 9.59 Å². The summed E-state index contributed by atoms with van der Waals surface area (Å²) < 4.78 is 0. The van der Waals surface area contributed by atoms with Crippen LogP contribution in [0, 0.1) is 0 Å². The Morgan fingerprint density at radius 2 is 1.75 bits per heavy atom. The fourth-order valence-electron chi connectivity index (χ4n) is 3.51. The summed E-state index contributed by atoms with van der Waals surface area (Å²) in [6.07, 6.45) is 1.59. The highest BCUT2D eigenvalue weighted by Gasteiger charge is 2.38. The van der Waals surface area contributed by atoms with Crippen molar-refractivity contribution in [3.05, 3.63) is 35.9 Å². The number of hydrogen-bond acceptors (Lipinski definition) is 4. The minimum absolute atomic E-state index is 0.0780. The van der Waals surface area contributed by atoms with Crippen molar-refractivity contribution in [2.75, 3.05) is 39.8 Å². The maximum Gasteiger partial charge on any atom is 0.245 e. The van der Waals surface area contributed by atoms with Gasteiger partial charge >= 0.3 is 0 Å². The molecule has 0 aliphatic carbocycles. The third kappa shape index (κ3) is 3.44. The third-order valence-electron chi connectivity index (χ3n) is 5.06. The highest BCUT2D eigenvalue weighted by Crippen LogP contribution is 2.24.